The fraction of sp³-hybridized carbons (Fsp3) is 0.524. The van der Waals surface area contributed by atoms with E-state index in [9.17, 15) is 14.7 Å². The van der Waals surface area contributed by atoms with Crippen LogP contribution in [0.2, 0.25) is 0 Å². The molecule has 1 amide bonds. The molecule has 0 saturated heterocycles. The number of rotatable bonds is 11. The second-order valence-electron chi connectivity index (χ2n) is 6.97. The molecule has 27 heavy (non-hydrogen) atoms. The van der Waals surface area contributed by atoms with Crippen LogP contribution in [-0.2, 0) is 20.7 Å². The highest BCUT2D eigenvalue weighted by molar-refractivity contribution is 5.84. The first-order chi connectivity index (χ1) is 12.8. The number of carbonyl (C=O) groups excluding carboxylic acids is 2. The van der Waals surface area contributed by atoms with Crippen LogP contribution in [-0.4, -0.2) is 41.8 Å². The third kappa shape index (κ3) is 9.24. The van der Waals surface area contributed by atoms with E-state index in [1.165, 1.54) is 19.2 Å². The summed E-state index contributed by atoms with van der Waals surface area (Å²) in [6.45, 7) is 4.20. The fourth-order valence-electron chi connectivity index (χ4n) is 2.69. The number of allylic oxidation sites excluding steroid dienone is 2. The van der Waals surface area contributed by atoms with Gasteiger partial charge in [-0.05, 0) is 42.4 Å². The third-order valence-corrected chi connectivity index (χ3v) is 4.15. The average molecular weight is 377 g/mol. The fourth-order valence-corrected chi connectivity index (χ4v) is 2.69. The Labute approximate surface area is 161 Å². The van der Waals surface area contributed by atoms with Crippen LogP contribution in [0.3, 0.4) is 0 Å². The van der Waals surface area contributed by atoms with Crippen LogP contribution < -0.4 is 5.32 Å². The zero-order valence-electron chi connectivity index (χ0n) is 16.4. The van der Waals surface area contributed by atoms with E-state index in [-0.39, 0.29) is 37.0 Å². The van der Waals surface area contributed by atoms with Crippen LogP contribution in [0.5, 0.6) is 5.75 Å². The van der Waals surface area contributed by atoms with E-state index in [2.05, 4.69) is 19.2 Å². The van der Waals surface area contributed by atoms with E-state index in [4.69, 9.17) is 9.84 Å². The van der Waals surface area contributed by atoms with Crippen molar-refractivity contribution < 1.29 is 24.5 Å². The first-order valence-electron chi connectivity index (χ1n) is 9.30. The van der Waals surface area contributed by atoms with Gasteiger partial charge in [-0.1, -0.05) is 38.1 Å². The van der Waals surface area contributed by atoms with Crippen LogP contribution in [0.4, 0.5) is 0 Å². The number of benzene rings is 1. The molecule has 3 N–H and O–H groups in total. The van der Waals surface area contributed by atoms with Crippen molar-refractivity contribution in [1.82, 2.24) is 5.32 Å². The summed E-state index contributed by atoms with van der Waals surface area (Å²) in [7, 11) is 1.29. The molecule has 0 heterocycles. The summed E-state index contributed by atoms with van der Waals surface area (Å²) in [5.41, 5.74) is 0.806. The number of ether oxygens (including phenoxy) is 1. The number of methoxy groups -OCH3 is 1. The van der Waals surface area contributed by atoms with Crippen molar-refractivity contribution in [2.45, 2.75) is 45.6 Å². The largest absolute Gasteiger partial charge is 0.508 e. The molecule has 0 unspecified atom stereocenters. The van der Waals surface area contributed by atoms with Gasteiger partial charge >= 0.3 is 5.97 Å². The van der Waals surface area contributed by atoms with E-state index in [1.54, 1.807) is 12.1 Å². The van der Waals surface area contributed by atoms with Gasteiger partial charge in [0.2, 0.25) is 5.91 Å². The number of esters is 1. The van der Waals surface area contributed by atoms with Gasteiger partial charge in [-0.3, -0.25) is 4.79 Å². The summed E-state index contributed by atoms with van der Waals surface area (Å²) >= 11 is 0. The standard InChI is InChI=1S/C21H31NO5/c1-15(2)6-7-16(5-4-12-23)14-20(25)22-19(21(26)27-3)13-17-8-10-18(24)11-9-17/h6-11,15-16,19,23-24H,4-5,12-14H2,1-3H3,(H,22,25)/b7-6+/t16-,19+/m1/s1. The van der Waals surface area contributed by atoms with Crippen molar-refractivity contribution in [3.05, 3.63) is 42.0 Å². The zero-order valence-corrected chi connectivity index (χ0v) is 16.4. The second-order valence-corrected chi connectivity index (χ2v) is 6.97. The molecule has 0 spiro atoms. The maximum Gasteiger partial charge on any atom is 0.328 e. The highest BCUT2D eigenvalue weighted by Crippen LogP contribution is 2.16. The van der Waals surface area contributed by atoms with Gasteiger partial charge < -0.3 is 20.3 Å². The quantitative estimate of drug-likeness (QED) is 0.407. The van der Waals surface area contributed by atoms with Crippen LogP contribution in [0.25, 0.3) is 0 Å². The van der Waals surface area contributed by atoms with E-state index < -0.39 is 12.0 Å². The lowest BCUT2D eigenvalue weighted by Crippen LogP contribution is -2.43. The summed E-state index contributed by atoms with van der Waals surface area (Å²) in [6.07, 6.45) is 5.90. The molecule has 2 atom stereocenters. The van der Waals surface area contributed by atoms with Gasteiger partial charge in [-0.2, -0.15) is 0 Å². The molecule has 0 radical (unpaired) electrons. The van der Waals surface area contributed by atoms with Crippen molar-refractivity contribution in [3.63, 3.8) is 0 Å². The van der Waals surface area contributed by atoms with Gasteiger partial charge in [0.25, 0.3) is 0 Å². The molecule has 0 aliphatic rings. The van der Waals surface area contributed by atoms with Crippen LogP contribution >= 0.6 is 0 Å². The number of nitrogens with one attached hydrogen (secondary N) is 1. The number of aromatic hydroxyl groups is 1. The molecular weight excluding hydrogens is 346 g/mol. The maximum atomic E-state index is 12.5. The molecule has 0 aliphatic heterocycles. The first-order valence-corrected chi connectivity index (χ1v) is 9.30. The van der Waals surface area contributed by atoms with Crippen molar-refractivity contribution in [3.8, 4) is 5.75 Å². The number of amides is 1. The summed E-state index contributed by atoms with van der Waals surface area (Å²) in [4.78, 5) is 24.5. The monoisotopic (exact) mass is 377 g/mol. The maximum absolute atomic E-state index is 12.5. The van der Waals surface area contributed by atoms with Gasteiger partial charge in [-0.15, -0.1) is 0 Å². The predicted molar refractivity (Wildman–Crippen MR) is 104 cm³/mol. The zero-order chi connectivity index (χ0) is 20.2. The number of hydrogen-bond acceptors (Lipinski definition) is 5. The van der Waals surface area contributed by atoms with Crippen LogP contribution in [0, 0.1) is 11.8 Å². The second kappa shape index (κ2) is 12.1. The minimum Gasteiger partial charge on any atom is -0.508 e. The number of aliphatic hydroxyl groups is 1. The third-order valence-electron chi connectivity index (χ3n) is 4.15. The van der Waals surface area contributed by atoms with Gasteiger partial charge in [0.1, 0.15) is 11.8 Å². The van der Waals surface area contributed by atoms with E-state index >= 15 is 0 Å². The molecular formula is C21H31NO5. The number of phenolic OH excluding ortho intramolecular Hbond substituents is 1. The minimum atomic E-state index is -0.792. The minimum absolute atomic E-state index is 0.00604. The predicted octanol–water partition coefficient (Wildman–Crippen LogP) is 2.58. The smallest absolute Gasteiger partial charge is 0.328 e. The van der Waals surface area contributed by atoms with E-state index in [1.807, 2.05) is 12.2 Å². The molecule has 1 aromatic rings. The Bertz CT molecular complexity index is 610. The van der Waals surface area contributed by atoms with Crippen molar-refractivity contribution in [2.75, 3.05) is 13.7 Å². The average Bonchev–Trinajstić information content (AvgIpc) is 2.64. The molecule has 0 bridgehead atoms. The Hall–Kier alpha value is -2.34. The molecule has 0 fully saturated rings. The molecule has 0 saturated carbocycles. The molecule has 0 aromatic heterocycles. The Kier molecular flexibility index (Phi) is 10.2. The van der Waals surface area contributed by atoms with Crippen molar-refractivity contribution in [1.29, 1.82) is 0 Å². The summed E-state index contributed by atoms with van der Waals surface area (Å²) in [6, 6.07) is 5.68. The van der Waals surface area contributed by atoms with E-state index in [0.717, 1.165) is 5.56 Å². The molecule has 1 aromatic carbocycles. The van der Waals surface area contributed by atoms with E-state index in [0.29, 0.717) is 18.8 Å². The lowest BCUT2D eigenvalue weighted by atomic mass is 9.96. The van der Waals surface area contributed by atoms with Gasteiger partial charge in [-0.25, -0.2) is 4.79 Å². The lowest BCUT2D eigenvalue weighted by molar-refractivity contribution is -0.145. The summed E-state index contributed by atoms with van der Waals surface area (Å²) < 4.78 is 4.81. The van der Waals surface area contributed by atoms with Gasteiger partial charge in [0, 0.05) is 19.4 Å². The summed E-state index contributed by atoms with van der Waals surface area (Å²) in [5.74, 6) is -0.226. The Morgan fingerprint density at radius 2 is 1.85 bits per heavy atom. The molecule has 1 rings (SSSR count). The van der Waals surface area contributed by atoms with Crippen LogP contribution in [0.1, 0.15) is 38.7 Å². The van der Waals surface area contributed by atoms with Gasteiger partial charge in [0.05, 0.1) is 7.11 Å². The normalized spacial score (nSPS) is 13.5. The highest BCUT2D eigenvalue weighted by Gasteiger charge is 2.23. The molecule has 6 heteroatoms. The summed E-state index contributed by atoms with van der Waals surface area (Å²) in [5, 5.41) is 21.2. The molecule has 150 valence electrons. The number of hydrogen-bond donors (Lipinski definition) is 3. The van der Waals surface area contributed by atoms with Crippen molar-refractivity contribution >= 4 is 11.9 Å². The number of phenols is 1. The number of carbonyl (C=O) groups is 2. The molecule has 6 nitrogen and oxygen atoms in total. The van der Waals surface area contributed by atoms with Crippen molar-refractivity contribution in [2.24, 2.45) is 11.8 Å². The first kappa shape index (κ1) is 22.7. The Morgan fingerprint density at radius 3 is 2.41 bits per heavy atom. The SMILES string of the molecule is COC(=O)[C@H](Cc1ccc(O)cc1)NC(=O)C[C@@H](/C=C/C(C)C)CCCO. The molecule has 0 aliphatic carbocycles. The Morgan fingerprint density at radius 1 is 1.19 bits per heavy atom. The highest BCUT2D eigenvalue weighted by atomic mass is 16.5. The topological polar surface area (TPSA) is 95.9 Å². The van der Waals surface area contributed by atoms with Crippen LogP contribution in [0.15, 0.2) is 36.4 Å². The van der Waals surface area contributed by atoms with Gasteiger partial charge in [0.15, 0.2) is 0 Å². The Balaban J connectivity index is 2.75. The lowest BCUT2D eigenvalue weighted by Gasteiger charge is -2.19. The number of aliphatic hydroxyl groups excluding tert-OH is 1.